The number of benzene rings is 1. The summed E-state index contributed by atoms with van der Waals surface area (Å²) >= 11 is 5.77. The lowest BCUT2D eigenvalue weighted by molar-refractivity contribution is -0.123. The molecule has 1 N–H and O–H groups in total. The number of carbonyl (C=O) groups is 2. The van der Waals surface area contributed by atoms with Gasteiger partial charge >= 0.3 is 5.97 Å². The van der Waals surface area contributed by atoms with Crippen LogP contribution in [-0.2, 0) is 9.53 Å². The van der Waals surface area contributed by atoms with Crippen LogP contribution in [0.25, 0.3) is 10.9 Å². The third-order valence-corrected chi connectivity index (χ3v) is 2.71. The molecule has 0 unspecified atom stereocenters. The number of ether oxygens (including phenoxy) is 1. The summed E-state index contributed by atoms with van der Waals surface area (Å²) in [5.41, 5.74) is 1.05. The SMILES string of the molecule is CNC(=O)COC(=O)c1ccc2nc(Cl)ccc2c1. The Morgan fingerprint density at radius 3 is 2.84 bits per heavy atom. The quantitative estimate of drug-likeness (QED) is 0.686. The summed E-state index contributed by atoms with van der Waals surface area (Å²) in [7, 11) is 1.47. The summed E-state index contributed by atoms with van der Waals surface area (Å²) in [4.78, 5) is 26.8. The molecule has 2 aromatic rings. The van der Waals surface area contributed by atoms with E-state index in [0.29, 0.717) is 16.2 Å². The molecule has 0 bridgehead atoms. The molecule has 19 heavy (non-hydrogen) atoms. The molecule has 0 fully saturated rings. The number of hydrogen-bond acceptors (Lipinski definition) is 4. The van der Waals surface area contributed by atoms with Crippen LogP contribution in [0.15, 0.2) is 30.3 Å². The Hall–Kier alpha value is -2.14. The number of aromatic nitrogens is 1. The zero-order valence-electron chi connectivity index (χ0n) is 10.1. The minimum absolute atomic E-state index is 0.299. The van der Waals surface area contributed by atoms with Crippen molar-refractivity contribution in [3.63, 3.8) is 0 Å². The molecule has 0 spiro atoms. The number of pyridine rings is 1. The number of carbonyl (C=O) groups excluding carboxylic acids is 2. The molecule has 0 aliphatic carbocycles. The monoisotopic (exact) mass is 278 g/mol. The van der Waals surface area contributed by atoms with E-state index >= 15 is 0 Å². The van der Waals surface area contributed by atoms with Crippen molar-refractivity contribution in [1.82, 2.24) is 10.3 Å². The van der Waals surface area contributed by atoms with Crippen molar-refractivity contribution >= 4 is 34.4 Å². The van der Waals surface area contributed by atoms with Crippen molar-refractivity contribution in [2.45, 2.75) is 0 Å². The first-order chi connectivity index (χ1) is 9.10. The Balaban J connectivity index is 2.19. The highest BCUT2D eigenvalue weighted by atomic mass is 35.5. The molecule has 1 aromatic carbocycles. The van der Waals surface area contributed by atoms with Gasteiger partial charge in [0.25, 0.3) is 5.91 Å². The predicted molar refractivity (Wildman–Crippen MR) is 71.1 cm³/mol. The van der Waals surface area contributed by atoms with Gasteiger partial charge in [-0.3, -0.25) is 4.79 Å². The Bertz CT molecular complexity index is 643. The Labute approximate surface area is 114 Å². The number of fused-ring (bicyclic) bond motifs is 1. The molecule has 1 amide bonds. The van der Waals surface area contributed by atoms with Crippen LogP contribution in [0.5, 0.6) is 0 Å². The smallest absolute Gasteiger partial charge is 0.338 e. The Morgan fingerprint density at radius 2 is 2.11 bits per heavy atom. The second-order valence-corrected chi connectivity index (χ2v) is 4.18. The lowest BCUT2D eigenvalue weighted by atomic mass is 10.1. The van der Waals surface area contributed by atoms with Gasteiger partial charge in [0.2, 0.25) is 0 Å². The van der Waals surface area contributed by atoms with Crippen molar-refractivity contribution in [2.75, 3.05) is 13.7 Å². The van der Waals surface area contributed by atoms with Gasteiger partial charge in [-0.2, -0.15) is 0 Å². The normalized spacial score (nSPS) is 10.2. The highest BCUT2D eigenvalue weighted by Crippen LogP contribution is 2.17. The molecule has 5 nitrogen and oxygen atoms in total. The van der Waals surface area contributed by atoms with Gasteiger partial charge in [-0.25, -0.2) is 9.78 Å². The third kappa shape index (κ3) is 3.20. The average molecular weight is 279 g/mol. The number of nitrogens with zero attached hydrogens (tertiary/aromatic N) is 1. The van der Waals surface area contributed by atoms with Crippen LogP contribution in [0.3, 0.4) is 0 Å². The fourth-order valence-electron chi connectivity index (χ4n) is 1.51. The number of halogens is 1. The molecule has 2 rings (SSSR count). The maximum atomic E-state index is 11.7. The highest BCUT2D eigenvalue weighted by molar-refractivity contribution is 6.29. The number of nitrogens with one attached hydrogen (secondary N) is 1. The average Bonchev–Trinajstić information content (AvgIpc) is 2.43. The van der Waals surface area contributed by atoms with Crippen LogP contribution >= 0.6 is 11.6 Å². The Kier molecular flexibility index (Phi) is 3.97. The second kappa shape index (κ2) is 5.67. The topological polar surface area (TPSA) is 68.3 Å². The van der Waals surface area contributed by atoms with E-state index in [-0.39, 0.29) is 12.5 Å². The van der Waals surface area contributed by atoms with Crippen LogP contribution in [0.2, 0.25) is 5.15 Å². The summed E-state index contributed by atoms with van der Waals surface area (Å²) in [6.07, 6.45) is 0. The molecule has 0 saturated carbocycles. The molecule has 1 aromatic heterocycles. The number of likely N-dealkylation sites (N-methyl/N-ethyl adjacent to an activating group) is 1. The first kappa shape index (κ1) is 13.3. The molecular weight excluding hydrogens is 268 g/mol. The fraction of sp³-hybridized carbons (Fsp3) is 0.154. The van der Waals surface area contributed by atoms with Crippen molar-refractivity contribution in [3.05, 3.63) is 41.0 Å². The molecule has 0 radical (unpaired) electrons. The lowest BCUT2D eigenvalue weighted by Crippen LogP contribution is -2.25. The first-order valence-corrected chi connectivity index (χ1v) is 5.92. The molecule has 0 aliphatic rings. The van der Waals surface area contributed by atoms with Gasteiger partial charge in [0.15, 0.2) is 6.61 Å². The zero-order valence-corrected chi connectivity index (χ0v) is 10.9. The van der Waals surface area contributed by atoms with Crippen LogP contribution in [-0.4, -0.2) is 30.5 Å². The van der Waals surface area contributed by atoms with Gasteiger partial charge in [-0.1, -0.05) is 11.6 Å². The number of rotatable bonds is 3. The molecule has 98 valence electrons. The minimum atomic E-state index is -0.555. The first-order valence-electron chi connectivity index (χ1n) is 5.54. The minimum Gasteiger partial charge on any atom is -0.452 e. The van der Waals surface area contributed by atoms with E-state index in [0.717, 1.165) is 5.39 Å². The van der Waals surface area contributed by atoms with E-state index in [1.165, 1.54) is 7.05 Å². The van der Waals surface area contributed by atoms with Crippen LogP contribution < -0.4 is 5.32 Å². The van der Waals surface area contributed by atoms with Crippen molar-refractivity contribution in [3.8, 4) is 0 Å². The van der Waals surface area contributed by atoms with E-state index in [1.807, 2.05) is 0 Å². The fourth-order valence-corrected chi connectivity index (χ4v) is 1.67. The van der Waals surface area contributed by atoms with Gasteiger partial charge in [0.05, 0.1) is 11.1 Å². The molecule has 1 heterocycles. The van der Waals surface area contributed by atoms with Gasteiger partial charge < -0.3 is 10.1 Å². The van der Waals surface area contributed by atoms with Crippen molar-refractivity contribution in [1.29, 1.82) is 0 Å². The van der Waals surface area contributed by atoms with Crippen molar-refractivity contribution < 1.29 is 14.3 Å². The standard InChI is InChI=1S/C13H11ClN2O3/c1-15-12(17)7-19-13(18)9-2-4-10-8(6-9)3-5-11(14)16-10/h2-6H,7H2,1H3,(H,15,17). The largest absolute Gasteiger partial charge is 0.452 e. The molecular formula is C13H11ClN2O3. The second-order valence-electron chi connectivity index (χ2n) is 3.79. The van der Waals surface area contributed by atoms with Gasteiger partial charge in [0, 0.05) is 12.4 Å². The maximum Gasteiger partial charge on any atom is 0.338 e. The Morgan fingerprint density at radius 1 is 1.32 bits per heavy atom. The summed E-state index contributed by atoms with van der Waals surface area (Å²) in [5.74, 6) is -0.914. The maximum absolute atomic E-state index is 11.7. The van der Waals surface area contributed by atoms with Crippen molar-refractivity contribution in [2.24, 2.45) is 0 Å². The highest BCUT2D eigenvalue weighted by Gasteiger charge is 2.10. The summed E-state index contributed by atoms with van der Waals surface area (Å²) in [6.45, 7) is -0.299. The van der Waals surface area contributed by atoms with E-state index < -0.39 is 5.97 Å². The zero-order chi connectivity index (χ0) is 13.8. The van der Waals surface area contributed by atoms with Gasteiger partial charge in [-0.05, 0) is 30.3 Å². The summed E-state index contributed by atoms with van der Waals surface area (Å²) < 4.78 is 4.86. The lowest BCUT2D eigenvalue weighted by Gasteiger charge is -2.05. The molecule has 0 atom stereocenters. The van der Waals surface area contributed by atoms with Gasteiger partial charge in [0.1, 0.15) is 5.15 Å². The van der Waals surface area contributed by atoms with E-state index in [2.05, 4.69) is 10.3 Å². The molecule has 6 heteroatoms. The number of amides is 1. The number of hydrogen-bond donors (Lipinski definition) is 1. The van der Waals surface area contributed by atoms with E-state index in [4.69, 9.17) is 16.3 Å². The summed E-state index contributed by atoms with van der Waals surface area (Å²) in [5, 5.41) is 3.53. The van der Waals surface area contributed by atoms with Crippen LogP contribution in [0.1, 0.15) is 10.4 Å². The predicted octanol–water partition coefficient (Wildman–Crippen LogP) is 1.79. The number of esters is 1. The third-order valence-electron chi connectivity index (χ3n) is 2.50. The van der Waals surface area contributed by atoms with Gasteiger partial charge in [-0.15, -0.1) is 0 Å². The van der Waals surface area contributed by atoms with E-state index in [9.17, 15) is 9.59 Å². The van der Waals surface area contributed by atoms with Crippen LogP contribution in [0, 0.1) is 0 Å². The van der Waals surface area contributed by atoms with E-state index in [1.54, 1.807) is 30.3 Å². The van der Waals surface area contributed by atoms with Crippen LogP contribution in [0.4, 0.5) is 0 Å². The summed E-state index contributed by atoms with van der Waals surface area (Å²) in [6, 6.07) is 8.31. The molecule has 0 aliphatic heterocycles. The molecule has 0 saturated heterocycles.